The third kappa shape index (κ3) is 4.98. The average Bonchev–Trinajstić information content (AvgIpc) is 3.04. The Hall–Kier alpha value is -0.670. The summed E-state index contributed by atoms with van der Waals surface area (Å²) in [5.74, 6) is 0. The van der Waals surface area contributed by atoms with Gasteiger partial charge in [-0.1, -0.05) is 23.7 Å². The Morgan fingerprint density at radius 2 is 1.81 bits per heavy atom. The third-order valence-electron chi connectivity index (χ3n) is 4.27. The van der Waals surface area contributed by atoms with E-state index in [1.165, 1.54) is 14.1 Å². The first-order valence-electron chi connectivity index (χ1n) is 8.11. The fraction of sp³-hybridized carbons (Fsp3) is 0.412. The van der Waals surface area contributed by atoms with Crippen LogP contribution in [0.3, 0.4) is 0 Å². The van der Waals surface area contributed by atoms with Crippen LogP contribution >= 0.6 is 35.3 Å². The van der Waals surface area contributed by atoms with Crippen LogP contribution in [-0.4, -0.2) is 62.2 Å². The quantitative estimate of drug-likeness (QED) is 0.722. The lowest BCUT2D eigenvalue weighted by Crippen LogP contribution is -2.51. The van der Waals surface area contributed by atoms with Gasteiger partial charge >= 0.3 is 0 Å². The highest BCUT2D eigenvalue weighted by Gasteiger charge is 2.28. The van der Waals surface area contributed by atoms with Crippen molar-refractivity contribution in [2.75, 3.05) is 40.3 Å². The van der Waals surface area contributed by atoms with E-state index >= 15 is 0 Å². The summed E-state index contributed by atoms with van der Waals surface area (Å²) >= 11 is 7.83. The predicted octanol–water partition coefficient (Wildman–Crippen LogP) is 3.41. The minimum Gasteiger partial charge on any atom is -0.296 e. The van der Waals surface area contributed by atoms with Crippen LogP contribution in [0.15, 0.2) is 36.4 Å². The van der Waals surface area contributed by atoms with Gasteiger partial charge in [-0.05, 0) is 29.8 Å². The maximum Gasteiger partial charge on any atom is 0.281 e. The standard InChI is InChI=1S/C17H22ClN3O2S2.ClH/c1-19(2)25(22,23)21-10-8-20(9-11-21)13-16-6-7-17(24-16)14-4-3-5-15(18)12-14;/h3-7,12H,8-11,13H2,1-2H3;1H. The SMILES string of the molecule is CN(C)S(=O)(=O)N1CCN(Cc2ccc(-c3cccc(Cl)c3)s2)CC1.Cl. The van der Waals surface area contributed by atoms with Gasteiger partial charge in [0.15, 0.2) is 0 Å². The molecular formula is C17H23Cl2N3O2S2. The van der Waals surface area contributed by atoms with E-state index in [1.54, 1.807) is 29.7 Å². The summed E-state index contributed by atoms with van der Waals surface area (Å²) in [6.07, 6.45) is 0. The summed E-state index contributed by atoms with van der Waals surface area (Å²) in [7, 11) is -0.154. The molecule has 1 aromatic heterocycles. The molecule has 1 fully saturated rings. The molecule has 5 nitrogen and oxygen atoms in total. The summed E-state index contributed by atoms with van der Waals surface area (Å²) < 4.78 is 27.2. The topological polar surface area (TPSA) is 43.9 Å². The molecule has 0 bridgehead atoms. The number of hydrogen-bond donors (Lipinski definition) is 0. The smallest absolute Gasteiger partial charge is 0.281 e. The molecule has 1 saturated heterocycles. The first-order chi connectivity index (χ1) is 11.9. The number of nitrogens with zero attached hydrogens (tertiary/aromatic N) is 3. The van der Waals surface area contributed by atoms with Crippen molar-refractivity contribution < 1.29 is 8.42 Å². The molecule has 0 amide bonds. The molecule has 1 aliphatic heterocycles. The second kappa shape index (κ2) is 9.01. The number of halogens is 2. The molecule has 3 rings (SSSR count). The number of piperazine rings is 1. The van der Waals surface area contributed by atoms with Crippen LogP contribution in [0, 0.1) is 0 Å². The molecular weight excluding hydrogens is 413 g/mol. The Morgan fingerprint density at radius 1 is 1.12 bits per heavy atom. The van der Waals surface area contributed by atoms with Crippen LogP contribution in [-0.2, 0) is 16.8 Å². The van der Waals surface area contributed by atoms with Crippen molar-refractivity contribution in [3.63, 3.8) is 0 Å². The van der Waals surface area contributed by atoms with Crippen LogP contribution in [0.1, 0.15) is 4.88 Å². The minimum atomic E-state index is -3.30. The zero-order valence-corrected chi connectivity index (χ0v) is 18.0. The monoisotopic (exact) mass is 435 g/mol. The molecule has 1 aliphatic rings. The molecule has 0 aliphatic carbocycles. The fourth-order valence-corrected chi connectivity index (χ4v) is 5.15. The highest BCUT2D eigenvalue weighted by molar-refractivity contribution is 7.86. The number of hydrogen-bond acceptors (Lipinski definition) is 4. The van der Waals surface area contributed by atoms with Crippen molar-refractivity contribution in [1.29, 1.82) is 0 Å². The maximum absolute atomic E-state index is 12.2. The summed E-state index contributed by atoms with van der Waals surface area (Å²) in [4.78, 5) is 4.78. The molecule has 26 heavy (non-hydrogen) atoms. The molecule has 0 unspecified atom stereocenters. The lowest BCUT2D eigenvalue weighted by molar-refractivity contribution is 0.178. The molecule has 0 saturated carbocycles. The van der Waals surface area contributed by atoms with Crippen molar-refractivity contribution in [2.45, 2.75) is 6.54 Å². The molecule has 0 spiro atoms. The largest absolute Gasteiger partial charge is 0.296 e. The third-order valence-corrected chi connectivity index (χ3v) is 7.56. The molecule has 2 aromatic rings. The van der Waals surface area contributed by atoms with E-state index in [2.05, 4.69) is 23.1 Å². The Bertz CT molecular complexity index is 832. The van der Waals surface area contributed by atoms with Crippen LogP contribution in [0.5, 0.6) is 0 Å². The second-order valence-corrected chi connectivity index (χ2v) is 9.99. The highest BCUT2D eigenvalue weighted by Crippen LogP contribution is 2.30. The van der Waals surface area contributed by atoms with Crippen molar-refractivity contribution in [1.82, 2.24) is 13.5 Å². The lowest BCUT2D eigenvalue weighted by atomic mass is 10.2. The van der Waals surface area contributed by atoms with E-state index < -0.39 is 10.2 Å². The van der Waals surface area contributed by atoms with Crippen molar-refractivity contribution in [3.8, 4) is 10.4 Å². The molecule has 0 atom stereocenters. The van der Waals surface area contributed by atoms with Gasteiger partial charge in [0.1, 0.15) is 0 Å². The highest BCUT2D eigenvalue weighted by atomic mass is 35.5. The van der Waals surface area contributed by atoms with Gasteiger partial charge in [-0.2, -0.15) is 17.0 Å². The van der Waals surface area contributed by atoms with Gasteiger partial charge < -0.3 is 0 Å². The molecule has 9 heteroatoms. The summed E-state index contributed by atoms with van der Waals surface area (Å²) in [6, 6.07) is 12.1. The van der Waals surface area contributed by atoms with Gasteiger partial charge in [0.05, 0.1) is 0 Å². The minimum absolute atomic E-state index is 0. The van der Waals surface area contributed by atoms with Gasteiger partial charge in [-0.3, -0.25) is 4.90 Å². The van der Waals surface area contributed by atoms with Crippen LogP contribution in [0.25, 0.3) is 10.4 Å². The Balaban J connectivity index is 0.00000243. The van der Waals surface area contributed by atoms with E-state index in [0.29, 0.717) is 13.1 Å². The first kappa shape index (κ1) is 21.6. The van der Waals surface area contributed by atoms with E-state index in [-0.39, 0.29) is 12.4 Å². The van der Waals surface area contributed by atoms with Gasteiger partial charge in [0.25, 0.3) is 10.2 Å². The number of rotatable bonds is 5. The molecule has 2 heterocycles. The Labute approximate surface area is 170 Å². The lowest BCUT2D eigenvalue weighted by Gasteiger charge is -2.34. The molecule has 144 valence electrons. The Morgan fingerprint density at radius 3 is 2.42 bits per heavy atom. The van der Waals surface area contributed by atoms with E-state index in [9.17, 15) is 8.42 Å². The van der Waals surface area contributed by atoms with Crippen LogP contribution in [0.2, 0.25) is 5.02 Å². The summed E-state index contributed by atoms with van der Waals surface area (Å²) in [5.41, 5.74) is 1.13. The van der Waals surface area contributed by atoms with Gasteiger partial charge in [0, 0.05) is 61.6 Å². The van der Waals surface area contributed by atoms with Gasteiger partial charge in [-0.25, -0.2) is 0 Å². The molecule has 0 N–H and O–H groups in total. The number of thiophene rings is 1. The molecule has 0 radical (unpaired) electrons. The normalized spacial score (nSPS) is 16.6. The molecule has 1 aromatic carbocycles. The average molecular weight is 436 g/mol. The van der Waals surface area contributed by atoms with Crippen molar-refractivity contribution in [2.24, 2.45) is 0 Å². The Kier molecular flexibility index (Phi) is 7.50. The zero-order valence-electron chi connectivity index (χ0n) is 14.8. The van der Waals surface area contributed by atoms with E-state index in [1.807, 2.05) is 18.2 Å². The fourth-order valence-electron chi connectivity index (χ4n) is 2.83. The van der Waals surface area contributed by atoms with Crippen LogP contribution < -0.4 is 0 Å². The van der Waals surface area contributed by atoms with Crippen molar-refractivity contribution in [3.05, 3.63) is 46.3 Å². The number of benzene rings is 1. The van der Waals surface area contributed by atoms with Crippen LogP contribution in [0.4, 0.5) is 0 Å². The second-order valence-electron chi connectivity index (χ2n) is 6.24. The first-order valence-corrected chi connectivity index (χ1v) is 10.7. The summed E-state index contributed by atoms with van der Waals surface area (Å²) in [6.45, 7) is 3.41. The van der Waals surface area contributed by atoms with Crippen molar-refractivity contribution >= 4 is 45.6 Å². The maximum atomic E-state index is 12.2. The van der Waals surface area contributed by atoms with E-state index in [4.69, 9.17) is 11.6 Å². The zero-order chi connectivity index (χ0) is 18.0. The van der Waals surface area contributed by atoms with Gasteiger partial charge in [0.2, 0.25) is 0 Å². The van der Waals surface area contributed by atoms with E-state index in [0.717, 1.165) is 30.2 Å². The summed E-state index contributed by atoms with van der Waals surface area (Å²) in [5, 5.41) is 0.741. The predicted molar refractivity (Wildman–Crippen MR) is 111 cm³/mol. The van der Waals surface area contributed by atoms with Gasteiger partial charge in [-0.15, -0.1) is 23.7 Å².